The lowest BCUT2D eigenvalue weighted by Crippen LogP contribution is -2.23. The van der Waals surface area contributed by atoms with E-state index in [1.54, 1.807) is 36.6 Å². The highest BCUT2D eigenvalue weighted by Crippen LogP contribution is 2.24. The Labute approximate surface area is 129 Å². The molecule has 1 aromatic carbocycles. The van der Waals surface area contributed by atoms with Gasteiger partial charge in [-0.1, -0.05) is 0 Å². The smallest absolute Gasteiger partial charge is 0.255 e. The summed E-state index contributed by atoms with van der Waals surface area (Å²) in [6, 6.07) is 7.12. The van der Waals surface area contributed by atoms with Crippen molar-refractivity contribution >= 4 is 33.2 Å². The van der Waals surface area contributed by atoms with Crippen LogP contribution in [0.3, 0.4) is 0 Å². The Kier molecular flexibility index (Phi) is 5.03. The van der Waals surface area contributed by atoms with E-state index in [1.165, 1.54) is 7.11 Å². The lowest BCUT2D eigenvalue weighted by Gasteiger charge is -2.10. The predicted molar refractivity (Wildman–Crippen MR) is 82.7 cm³/mol. The molecule has 1 amide bonds. The quantitative estimate of drug-likeness (QED) is 0.893. The average Bonchev–Trinajstić information content (AvgIpc) is 2.89. The highest BCUT2D eigenvalue weighted by molar-refractivity contribution is 9.10. The van der Waals surface area contributed by atoms with Gasteiger partial charge in [-0.3, -0.25) is 4.79 Å². The minimum atomic E-state index is -0.190. The molecule has 0 aliphatic heterocycles. The molecule has 0 aliphatic rings. The van der Waals surface area contributed by atoms with Gasteiger partial charge in [0.1, 0.15) is 11.5 Å². The van der Waals surface area contributed by atoms with Gasteiger partial charge in [-0.15, -0.1) is 11.3 Å². The maximum Gasteiger partial charge on any atom is 0.255 e. The van der Waals surface area contributed by atoms with Crippen LogP contribution in [0.4, 0.5) is 0 Å². The van der Waals surface area contributed by atoms with Gasteiger partial charge in [0.05, 0.1) is 26.3 Å². The first-order chi connectivity index (χ1) is 9.63. The van der Waals surface area contributed by atoms with E-state index in [2.05, 4.69) is 21.2 Å². The van der Waals surface area contributed by atoms with E-state index in [1.807, 2.05) is 11.4 Å². The Morgan fingerprint density at radius 3 is 2.70 bits per heavy atom. The molecule has 0 atom stereocenters. The van der Waals surface area contributed by atoms with Crippen LogP contribution in [0.1, 0.15) is 15.2 Å². The molecule has 106 valence electrons. The molecular formula is C14H14BrNO3S. The second-order valence-electron chi connectivity index (χ2n) is 3.98. The molecule has 0 aliphatic carbocycles. The van der Waals surface area contributed by atoms with Crippen LogP contribution >= 0.6 is 27.3 Å². The second kappa shape index (κ2) is 6.76. The van der Waals surface area contributed by atoms with E-state index >= 15 is 0 Å². The first-order valence-corrected chi connectivity index (χ1v) is 7.54. The van der Waals surface area contributed by atoms with Gasteiger partial charge in [0.25, 0.3) is 5.91 Å². The summed E-state index contributed by atoms with van der Waals surface area (Å²) in [5.41, 5.74) is 0.461. The molecule has 4 nitrogen and oxygen atoms in total. The molecule has 0 fully saturated rings. The molecule has 6 heteroatoms. The van der Waals surface area contributed by atoms with Crippen LogP contribution in [0.15, 0.2) is 34.1 Å². The number of hydrogen-bond donors (Lipinski definition) is 1. The van der Waals surface area contributed by atoms with Gasteiger partial charge in [0, 0.05) is 14.7 Å². The minimum Gasteiger partial charge on any atom is -0.497 e. The zero-order valence-electron chi connectivity index (χ0n) is 11.1. The number of rotatable bonds is 5. The van der Waals surface area contributed by atoms with Crippen molar-refractivity contribution in [1.29, 1.82) is 0 Å². The Bertz CT molecular complexity index is 612. The molecular weight excluding hydrogens is 342 g/mol. The maximum atomic E-state index is 12.2. The normalized spacial score (nSPS) is 10.2. The monoisotopic (exact) mass is 355 g/mol. The summed E-state index contributed by atoms with van der Waals surface area (Å²) >= 11 is 4.97. The first-order valence-electron chi connectivity index (χ1n) is 5.87. The van der Waals surface area contributed by atoms with Crippen LogP contribution < -0.4 is 14.8 Å². The number of thiophene rings is 1. The van der Waals surface area contributed by atoms with E-state index < -0.39 is 0 Å². The van der Waals surface area contributed by atoms with Gasteiger partial charge in [0.2, 0.25) is 0 Å². The van der Waals surface area contributed by atoms with Crippen molar-refractivity contribution in [1.82, 2.24) is 5.32 Å². The van der Waals surface area contributed by atoms with E-state index in [9.17, 15) is 4.79 Å². The fraction of sp³-hybridized carbons (Fsp3) is 0.214. The fourth-order valence-corrected chi connectivity index (χ4v) is 3.09. The zero-order chi connectivity index (χ0) is 14.5. The summed E-state index contributed by atoms with van der Waals surface area (Å²) in [7, 11) is 3.10. The maximum absolute atomic E-state index is 12.2. The molecule has 0 bridgehead atoms. The third-order valence-electron chi connectivity index (χ3n) is 2.70. The van der Waals surface area contributed by atoms with E-state index in [0.717, 1.165) is 9.35 Å². The lowest BCUT2D eigenvalue weighted by atomic mass is 10.1. The van der Waals surface area contributed by atoms with Crippen molar-refractivity contribution in [3.05, 3.63) is 44.6 Å². The van der Waals surface area contributed by atoms with Crippen LogP contribution in [-0.4, -0.2) is 20.1 Å². The molecule has 1 N–H and O–H groups in total. The number of benzene rings is 1. The fourth-order valence-electron chi connectivity index (χ4n) is 1.70. The van der Waals surface area contributed by atoms with Gasteiger partial charge < -0.3 is 14.8 Å². The van der Waals surface area contributed by atoms with Gasteiger partial charge in [-0.25, -0.2) is 0 Å². The van der Waals surface area contributed by atoms with Crippen molar-refractivity contribution in [2.75, 3.05) is 14.2 Å². The van der Waals surface area contributed by atoms with Crippen molar-refractivity contribution < 1.29 is 14.3 Å². The van der Waals surface area contributed by atoms with Gasteiger partial charge in [-0.05, 0) is 40.2 Å². The van der Waals surface area contributed by atoms with Crippen LogP contribution in [0.25, 0.3) is 0 Å². The van der Waals surface area contributed by atoms with E-state index in [4.69, 9.17) is 9.47 Å². The van der Waals surface area contributed by atoms with Crippen LogP contribution in [0, 0.1) is 0 Å². The number of methoxy groups -OCH3 is 2. The predicted octanol–water partition coefficient (Wildman–Crippen LogP) is 3.46. The summed E-state index contributed by atoms with van der Waals surface area (Å²) in [5.74, 6) is 0.954. The summed E-state index contributed by atoms with van der Waals surface area (Å²) in [4.78, 5) is 13.3. The Balaban J connectivity index is 2.11. The summed E-state index contributed by atoms with van der Waals surface area (Å²) < 4.78 is 11.4. The summed E-state index contributed by atoms with van der Waals surface area (Å²) in [6.45, 7) is 0.482. The van der Waals surface area contributed by atoms with E-state index in [0.29, 0.717) is 23.6 Å². The molecule has 0 spiro atoms. The van der Waals surface area contributed by atoms with E-state index in [-0.39, 0.29) is 5.91 Å². The van der Waals surface area contributed by atoms with Crippen LogP contribution in [-0.2, 0) is 6.54 Å². The molecule has 1 aromatic heterocycles. The highest BCUT2D eigenvalue weighted by atomic mass is 79.9. The molecule has 0 unspecified atom stereocenters. The molecule has 2 rings (SSSR count). The lowest BCUT2D eigenvalue weighted by molar-refractivity contribution is 0.0948. The van der Waals surface area contributed by atoms with Gasteiger partial charge in [0.15, 0.2) is 0 Å². The van der Waals surface area contributed by atoms with Crippen molar-refractivity contribution in [3.63, 3.8) is 0 Å². The number of ether oxygens (including phenoxy) is 2. The second-order valence-corrected chi connectivity index (χ2v) is 5.89. The topological polar surface area (TPSA) is 47.6 Å². The largest absolute Gasteiger partial charge is 0.497 e. The third kappa shape index (κ3) is 3.52. The number of carbonyl (C=O) groups is 1. The molecule has 20 heavy (non-hydrogen) atoms. The Hall–Kier alpha value is -1.53. The Morgan fingerprint density at radius 1 is 1.30 bits per heavy atom. The summed E-state index contributed by atoms with van der Waals surface area (Å²) in [6.07, 6.45) is 0. The number of amides is 1. The number of carbonyl (C=O) groups excluding carboxylic acids is 1. The zero-order valence-corrected chi connectivity index (χ0v) is 13.5. The Morgan fingerprint density at radius 2 is 2.10 bits per heavy atom. The SMILES string of the molecule is COc1ccc(OC)c(C(=O)NCc2cc(Br)cs2)c1. The molecule has 1 heterocycles. The number of halogens is 1. The summed E-state index contributed by atoms with van der Waals surface area (Å²) in [5, 5.41) is 4.85. The third-order valence-corrected chi connectivity index (χ3v) is 4.39. The van der Waals surface area contributed by atoms with Crippen molar-refractivity contribution in [2.45, 2.75) is 6.54 Å². The molecule has 2 aromatic rings. The highest BCUT2D eigenvalue weighted by Gasteiger charge is 2.13. The van der Waals surface area contributed by atoms with Crippen LogP contribution in [0.5, 0.6) is 11.5 Å². The first kappa shape index (κ1) is 14.9. The number of nitrogens with one attached hydrogen (secondary N) is 1. The number of hydrogen-bond acceptors (Lipinski definition) is 4. The molecule has 0 saturated carbocycles. The minimum absolute atomic E-state index is 0.190. The van der Waals surface area contributed by atoms with Gasteiger partial charge >= 0.3 is 0 Å². The van der Waals surface area contributed by atoms with Crippen LogP contribution in [0.2, 0.25) is 0 Å². The van der Waals surface area contributed by atoms with Crippen molar-refractivity contribution in [2.24, 2.45) is 0 Å². The molecule has 0 saturated heterocycles. The van der Waals surface area contributed by atoms with Crippen molar-refractivity contribution in [3.8, 4) is 11.5 Å². The molecule has 0 radical (unpaired) electrons. The standard InChI is InChI=1S/C14H14BrNO3S/c1-18-10-3-4-13(19-2)12(6-10)14(17)16-7-11-5-9(15)8-20-11/h3-6,8H,7H2,1-2H3,(H,16,17). The average molecular weight is 356 g/mol. The van der Waals surface area contributed by atoms with Gasteiger partial charge in [-0.2, -0.15) is 0 Å².